The number of hydrogen-bond acceptors (Lipinski definition) is 5. The van der Waals surface area contributed by atoms with Crippen molar-refractivity contribution in [3.05, 3.63) is 80.0 Å². The Balaban J connectivity index is 1.87. The summed E-state index contributed by atoms with van der Waals surface area (Å²) in [4.78, 5) is 30.8. The molecule has 0 radical (unpaired) electrons. The summed E-state index contributed by atoms with van der Waals surface area (Å²) in [6.07, 6.45) is -3.41. The van der Waals surface area contributed by atoms with E-state index in [1.54, 1.807) is 28.8 Å². The number of unbranched alkanes of at least 4 members (excludes halogenated alkanes) is 1. The topological polar surface area (TPSA) is 83.1 Å². The molecule has 0 saturated heterocycles. The van der Waals surface area contributed by atoms with Gasteiger partial charge in [-0.15, -0.1) is 13.2 Å². The normalized spacial score (nSPS) is 11.7. The molecule has 0 fully saturated rings. The van der Waals surface area contributed by atoms with Gasteiger partial charge in [-0.05, 0) is 36.2 Å². The van der Waals surface area contributed by atoms with Crippen molar-refractivity contribution < 1.29 is 17.9 Å². The molecule has 2 aromatic carbocycles. The molecule has 0 unspecified atom stereocenters. The Morgan fingerprint density at radius 3 is 2.47 bits per heavy atom. The average Bonchev–Trinajstić information content (AvgIpc) is 3.16. The number of aromatic nitrogens is 4. The molecule has 0 aliphatic heterocycles. The fraction of sp³-hybridized carbons (Fsp3) is 0.292. The summed E-state index contributed by atoms with van der Waals surface area (Å²) in [6.45, 7) is 2.40. The average molecular weight is 522 g/mol. The van der Waals surface area contributed by atoms with Crippen molar-refractivity contribution in [1.82, 2.24) is 18.7 Å². The highest BCUT2D eigenvalue weighted by Gasteiger charge is 2.31. The zero-order chi connectivity index (χ0) is 26.0. The minimum atomic E-state index is -4.85. The van der Waals surface area contributed by atoms with Gasteiger partial charge in [0.25, 0.3) is 5.56 Å². The number of fused-ring (bicyclic) bond motifs is 1. The van der Waals surface area contributed by atoms with Crippen LogP contribution >= 0.6 is 11.6 Å². The Hall–Kier alpha value is -3.73. The maximum Gasteiger partial charge on any atom is 0.573 e. The Morgan fingerprint density at radius 1 is 1.08 bits per heavy atom. The standard InChI is InChI=1S/C24H23ClF3N5O3/c1-3-4-12-32-21(34)19-20(31(2)23(32)35)30-22(33(19)14-15-8-10-16(25)11-9-15)29-17-6-5-7-18(13-17)36-24(26,27)28/h5-11,13H,3-4,12,14H2,1-2H3,(H,29,30). The van der Waals surface area contributed by atoms with E-state index >= 15 is 0 Å². The summed E-state index contributed by atoms with van der Waals surface area (Å²) in [7, 11) is 1.52. The number of benzene rings is 2. The first-order valence-electron chi connectivity index (χ1n) is 11.1. The fourth-order valence-corrected chi connectivity index (χ4v) is 3.93. The molecule has 1 N–H and O–H groups in total. The van der Waals surface area contributed by atoms with Crippen LogP contribution in [0.4, 0.5) is 24.8 Å². The van der Waals surface area contributed by atoms with Crippen LogP contribution in [0.3, 0.4) is 0 Å². The lowest BCUT2D eigenvalue weighted by Crippen LogP contribution is -2.39. The largest absolute Gasteiger partial charge is 0.573 e. The minimum absolute atomic E-state index is 0.150. The van der Waals surface area contributed by atoms with E-state index in [4.69, 9.17) is 11.6 Å². The molecular formula is C24H23ClF3N5O3. The number of aryl methyl sites for hydroxylation is 1. The SMILES string of the molecule is CCCCn1c(=O)c2c(nc(Nc3cccc(OC(F)(F)F)c3)n2Cc2ccc(Cl)cc2)n(C)c1=O. The minimum Gasteiger partial charge on any atom is -0.406 e. The Labute approximate surface area is 208 Å². The first-order valence-corrected chi connectivity index (χ1v) is 11.5. The molecule has 0 aliphatic rings. The van der Waals surface area contributed by atoms with Crippen molar-refractivity contribution in [2.24, 2.45) is 7.05 Å². The maximum absolute atomic E-state index is 13.4. The predicted molar refractivity (Wildman–Crippen MR) is 131 cm³/mol. The van der Waals surface area contributed by atoms with Gasteiger partial charge in [-0.25, -0.2) is 4.79 Å². The number of halogens is 4. The molecule has 2 heterocycles. The van der Waals surface area contributed by atoms with Gasteiger partial charge in [0, 0.05) is 30.4 Å². The summed E-state index contributed by atoms with van der Waals surface area (Å²) in [5.74, 6) is -0.244. The van der Waals surface area contributed by atoms with Crippen LogP contribution in [0, 0.1) is 0 Å². The quantitative estimate of drug-likeness (QED) is 0.351. The Bertz CT molecular complexity index is 1510. The van der Waals surface area contributed by atoms with Crippen molar-refractivity contribution in [2.75, 3.05) is 5.32 Å². The van der Waals surface area contributed by atoms with Gasteiger partial charge in [0.1, 0.15) is 5.75 Å². The fourth-order valence-electron chi connectivity index (χ4n) is 3.81. The van der Waals surface area contributed by atoms with Gasteiger partial charge in [-0.3, -0.25) is 18.5 Å². The summed E-state index contributed by atoms with van der Waals surface area (Å²) in [6, 6.07) is 12.2. The number of imidazole rings is 1. The molecule has 0 amide bonds. The smallest absolute Gasteiger partial charge is 0.406 e. The number of ether oxygens (including phenoxy) is 1. The van der Waals surface area contributed by atoms with Gasteiger partial charge < -0.3 is 10.1 Å². The number of anilines is 2. The van der Waals surface area contributed by atoms with E-state index in [2.05, 4.69) is 15.0 Å². The second-order valence-electron chi connectivity index (χ2n) is 8.17. The predicted octanol–water partition coefficient (Wildman–Crippen LogP) is 5.04. The van der Waals surface area contributed by atoms with E-state index in [0.29, 0.717) is 11.4 Å². The molecule has 0 aliphatic carbocycles. The third-order valence-corrected chi connectivity index (χ3v) is 5.80. The van der Waals surface area contributed by atoms with E-state index in [0.717, 1.165) is 18.1 Å². The maximum atomic E-state index is 13.4. The Morgan fingerprint density at radius 2 is 1.81 bits per heavy atom. The summed E-state index contributed by atoms with van der Waals surface area (Å²) in [5.41, 5.74) is 0.393. The first kappa shape index (κ1) is 25.4. The van der Waals surface area contributed by atoms with Crippen molar-refractivity contribution in [1.29, 1.82) is 0 Å². The zero-order valence-electron chi connectivity index (χ0n) is 19.5. The summed E-state index contributed by atoms with van der Waals surface area (Å²) < 4.78 is 46.1. The molecule has 0 spiro atoms. The molecule has 8 nitrogen and oxygen atoms in total. The van der Waals surface area contributed by atoms with Gasteiger partial charge >= 0.3 is 12.1 Å². The zero-order valence-corrected chi connectivity index (χ0v) is 20.2. The van der Waals surface area contributed by atoms with Crippen LogP contribution in [0.25, 0.3) is 11.2 Å². The highest BCUT2D eigenvalue weighted by molar-refractivity contribution is 6.30. The molecule has 190 valence electrons. The van der Waals surface area contributed by atoms with Gasteiger partial charge in [-0.2, -0.15) is 4.98 Å². The highest BCUT2D eigenvalue weighted by Crippen LogP contribution is 2.28. The van der Waals surface area contributed by atoms with Crippen LogP contribution in [0.15, 0.2) is 58.1 Å². The van der Waals surface area contributed by atoms with Crippen LogP contribution in [0.1, 0.15) is 25.3 Å². The van der Waals surface area contributed by atoms with Crippen molar-refractivity contribution in [3.8, 4) is 5.75 Å². The second-order valence-corrected chi connectivity index (χ2v) is 8.61. The highest BCUT2D eigenvalue weighted by atomic mass is 35.5. The molecule has 0 atom stereocenters. The molecular weight excluding hydrogens is 499 g/mol. The number of alkyl halides is 3. The molecule has 4 aromatic rings. The number of nitrogens with zero attached hydrogens (tertiary/aromatic N) is 4. The van der Waals surface area contributed by atoms with E-state index in [-0.39, 0.29) is 35.9 Å². The Kier molecular flexibility index (Phi) is 7.11. The molecule has 12 heteroatoms. The number of rotatable bonds is 8. The van der Waals surface area contributed by atoms with Gasteiger partial charge in [0.2, 0.25) is 5.95 Å². The van der Waals surface area contributed by atoms with Crippen molar-refractivity contribution in [2.45, 2.75) is 39.2 Å². The van der Waals surface area contributed by atoms with Crippen LogP contribution in [0.5, 0.6) is 5.75 Å². The number of nitrogens with one attached hydrogen (secondary N) is 1. The van der Waals surface area contributed by atoms with Crippen molar-refractivity contribution in [3.63, 3.8) is 0 Å². The van der Waals surface area contributed by atoms with Crippen LogP contribution < -0.4 is 21.3 Å². The van der Waals surface area contributed by atoms with E-state index in [9.17, 15) is 22.8 Å². The van der Waals surface area contributed by atoms with E-state index in [1.807, 2.05) is 6.92 Å². The monoisotopic (exact) mass is 521 g/mol. The van der Waals surface area contributed by atoms with Gasteiger partial charge in [0.05, 0.1) is 6.54 Å². The molecule has 4 rings (SSSR count). The first-order chi connectivity index (χ1) is 17.1. The summed E-state index contributed by atoms with van der Waals surface area (Å²) in [5, 5.41) is 3.51. The number of hydrogen-bond donors (Lipinski definition) is 1. The van der Waals surface area contributed by atoms with E-state index in [1.165, 1.54) is 34.4 Å². The molecule has 0 saturated carbocycles. The third kappa shape index (κ3) is 5.40. The lowest BCUT2D eigenvalue weighted by molar-refractivity contribution is -0.274. The van der Waals surface area contributed by atoms with Gasteiger partial charge in [0.15, 0.2) is 11.2 Å². The molecule has 2 aromatic heterocycles. The van der Waals surface area contributed by atoms with Crippen molar-refractivity contribution >= 4 is 34.4 Å². The summed E-state index contributed by atoms with van der Waals surface area (Å²) >= 11 is 6.01. The lowest BCUT2D eigenvalue weighted by Gasteiger charge is -2.13. The van der Waals surface area contributed by atoms with Crippen LogP contribution in [-0.2, 0) is 20.1 Å². The van der Waals surface area contributed by atoms with Crippen LogP contribution in [0.2, 0.25) is 5.02 Å². The third-order valence-electron chi connectivity index (χ3n) is 5.55. The van der Waals surface area contributed by atoms with E-state index < -0.39 is 23.4 Å². The van der Waals surface area contributed by atoms with Gasteiger partial charge in [-0.1, -0.05) is 43.1 Å². The second kappa shape index (κ2) is 10.1. The molecule has 36 heavy (non-hydrogen) atoms. The van der Waals surface area contributed by atoms with Crippen LogP contribution in [-0.4, -0.2) is 25.0 Å². The lowest BCUT2D eigenvalue weighted by atomic mass is 10.2. The molecule has 0 bridgehead atoms.